The van der Waals surface area contributed by atoms with E-state index in [1.807, 2.05) is 12.3 Å². The zero-order chi connectivity index (χ0) is 9.97. The summed E-state index contributed by atoms with van der Waals surface area (Å²) in [6.07, 6.45) is 1.77. The van der Waals surface area contributed by atoms with Crippen LogP contribution in [0.15, 0.2) is 27.0 Å². The first-order valence-corrected chi connectivity index (χ1v) is 5.90. The minimum atomic E-state index is 0.469. The normalized spacial score (nSPS) is 10.4. The van der Waals surface area contributed by atoms with Crippen molar-refractivity contribution in [2.45, 2.75) is 16.3 Å². The topological polar surface area (TPSA) is 38.7 Å². The highest BCUT2D eigenvalue weighted by molar-refractivity contribution is 8.01. The van der Waals surface area contributed by atoms with Gasteiger partial charge >= 0.3 is 0 Å². The summed E-state index contributed by atoms with van der Waals surface area (Å²) in [5.41, 5.74) is 0. The maximum Gasteiger partial charge on any atom is 0.156 e. The first-order chi connectivity index (χ1) is 6.74. The number of thiazole rings is 1. The van der Waals surface area contributed by atoms with Gasteiger partial charge in [-0.25, -0.2) is 15.0 Å². The van der Waals surface area contributed by atoms with Crippen LogP contribution in [0.5, 0.6) is 0 Å². The van der Waals surface area contributed by atoms with Crippen LogP contribution in [0.4, 0.5) is 0 Å². The lowest BCUT2D eigenvalue weighted by Gasteiger charge is -1.98. The van der Waals surface area contributed by atoms with Gasteiger partial charge in [-0.15, -0.1) is 11.3 Å². The fourth-order valence-corrected chi connectivity index (χ4v) is 2.81. The van der Waals surface area contributed by atoms with Gasteiger partial charge in [0, 0.05) is 17.6 Å². The summed E-state index contributed by atoms with van der Waals surface area (Å²) in [6.45, 7) is 1.82. The lowest BCUT2D eigenvalue weighted by molar-refractivity contribution is 0.967. The molecule has 0 spiro atoms. The van der Waals surface area contributed by atoms with E-state index in [2.05, 4.69) is 15.0 Å². The summed E-state index contributed by atoms with van der Waals surface area (Å²) in [6, 6.07) is 1.74. The van der Waals surface area contributed by atoms with Crippen LogP contribution in [0.25, 0.3) is 0 Å². The van der Waals surface area contributed by atoms with Gasteiger partial charge in [0.2, 0.25) is 0 Å². The smallest absolute Gasteiger partial charge is 0.156 e. The molecule has 2 aromatic rings. The third kappa shape index (κ3) is 2.43. The quantitative estimate of drug-likeness (QED) is 0.760. The van der Waals surface area contributed by atoms with E-state index in [0.717, 1.165) is 9.37 Å². The average Bonchev–Trinajstić information content (AvgIpc) is 2.54. The van der Waals surface area contributed by atoms with Gasteiger partial charge in [-0.2, -0.15) is 0 Å². The maximum absolute atomic E-state index is 5.81. The highest BCUT2D eigenvalue weighted by atomic mass is 35.5. The minimum absolute atomic E-state index is 0.469. The average molecular weight is 244 g/mol. The summed E-state index contributed by atoms with van der Waals surface area (Å²) in [5, 5.41) is 3.23. The highest BCUT2D eigenvalue weighted by Gasteiger charge is 2.03. The second-order valence-corrected chi connectivity index (χ2v) is 5.03. The van der Waals surface area contributed by atoms with E-state index < -0.39 is 0 Å². The van der Waals surface area contributed by atoms with E-state index >= 15 is 0 Å². The molecule has 0 bridgehead atoms. The molecule has 0 amide bonds. The van der Waals surface area contributed by atoms with Crippen LogP contribution in [-0.2, 0) is 0 Å². The Hall–Kier alpha value is -0.650. The van der Waals surface area contributed by atoms with Crippen molar-refractivity contribution >= 4 is 34.7 Å². The molecule has 2 rings (SSSR count). The molecule has 6 heteroatoms. The predicted molar refractivity (Wildman–Crippen MR) is 58.0 cm³/mol. The second-order valence-electron chi connectivity index (χ2n) is 2.48. The molecule has 0 unspecified atom stereocenters. The molecule has 0 atom stereocenters. The van der Waals surface area contributed by atoms with Crippen molar-refractivity contribution in [2.75, 3.05) is 0 Å². The number of aromatic nitrogens is 3. The van der Waals surface area contributed by atoms with E-state index in [4.69, 9.17) is 11.6 Å². The van der Waals surface area contributed by atoms with Gasteiger partial charge in [0.25, 0.3) is 0 Å². The van der Waals surface area contributed by atoms with Crippen molar-refractivity contribution in [3.05, 3.63) is 28.6 Å². The van der Waals surface area contributed by atoms with Crippen LogP contribution in [0.2, 0.25) is 5.15 Å². The Labute approximate surface area is 94.6 Å². The highest BCUT2D eigenvalue weighted by Crippen LogP contribution is 2.28. The first kappa shape index (κ1) is 9.89. The summed E-state index contributed by atoms with van der Waals surface area (Å²) < 4.78 is 0.958. The monoisotopic (exact) mass is 243 g/mol. The molecule has 2 heterocycles. The summed E-state index contributed by atoms with van der Waals surface area (Å²) >= 11 is 8.88. The van der Waals surface area contributed by atoms with E-state index in [-0.39, 0.29) is 0 Å². The fourth-order valence-electron chi connectivity index (χ4n) is 0.908. The van der Waals surface area contributed by atoms with Crippen LogP contribution in [-0.4, -0.2) is 15.0 Å². The molecule has 2 aromatic heterocycles. The Kier molecular flexibility index (Phi) is 3.00. The molecule has 0 aliphatic carbocycles. The molecule has 0 N–H and O–H groups in total. The number of rotatable bonds is 2. The molecule has 0 fully saturated rings. The number of halogens is 1. The number of hydrogen-bond acceptors (Lipinski definition) is 5. The van der Waals surface area contributed by atoms with Crippen molar-refractivity contribution in [2.24, 2.45) is 0 Å². The molecule has 0 saturated carbocycles. The van der Waals surface area contributed by atoms with Gasteiger partial charge in [-0.3, -0.25) is 0 Å². The Morgan fingerprint density at radius 2 is 2.29 bits per heavy atom. The van der Waals surface area contributed by atoms with E-state index in [9.17, 15) is 0 Å². The van der Waals surface area contributed by atoms with E-state index in [1.54, 1.807) is 23.6 Å². The SMILES string of the molecule is Cc1nc(Cl)cc(Sc2nccs2)n1. The molecule has 0 aliphatic heterocycles. The largest absolute Gasteiger partial charge is 0.238 e. The number of aryl methyl sites for hydroxylation is 1. The van der Waals surface area contributed by atoms with Gasteiger partial charge in [0.1, 0.15) is 16.0 Å². The maximum atomic E-state index is 5.81. The van der Waals surface area contributed by atoms with Gasteiger partial charge in [-0.05, 0) is 18.7 Å². The molecule has 3 nitrogen and oxygen atoms in total. The Bertz CT molecular complexity index is 410. The van der Waals surface area contributed by atoms with Crippen LogP contribution in [0.1, 0.15) is 5.82 Å². The standard InChI is InChI=1S/C8H6ClN3S2/c1-5-11-6(9)4-7(12-5)14-8-10-2-3-13-8/h2-4H,1H3. The number of nitrogens with zero attached hydrogens (tertiary/aromatic N) is 3. The molecule has 0 radical (unpaired) electrons. The molecular weight excluding hydrogens is 238 g/mol. The van der Waals surface area contributed by atoms with Gasteiger partial charge in [0.15, 0.2) is 4.34 Å². The van der Waals surface area contributed by atoms with E-state index in [1.165, 1.54) is 11.8 Å². The lowest BCUT2D eigenvalue weighted by Crippen LogP contribution is -1.89. The van der Waals surface area contributed by atoms with Crippen LogP contribution in [0.3, 0.4) is 0 Å². The van der Waals surface area contributed by atoms with Crippen molar-refractivity contribution < 1.29 is 0 Å². The van der Waals surface area contributed by atoms with Crippen LogP contribution >= 0.6 is 34.7 Å². The van der Waals surface area contributed by atoms with Crippen molar-refractivity contribution in [3.63, 3.8) is 0 Å². The zero-order valence-electron chi connectivity index (χ0n) is 7.27. The molecule has 0 saturated heterocycles. The predicted octanol–water partition coefficient (Wildman–Crippen LogP) is 3.05. The van der Waals surface area contributed by atoms with Crippen molar-refractivity contribution in [3.8, 4) is 0 Å². The van der Waals surface area contributed by atoms with Crippen molar-refractivity contribution in [1.29, 1.82) is 0 Å². The summed E-state index contributed by atoms with van der Waals surface area (Å²) in [7, 11) is 0. The Balaban J connectivity index is 2.25. The van der Waals surface area contributed by atoms with Crippen LogP contribution < -0.4 is 0 Å². The summed E-state index contributed by atoms with van der Waals surface area (Å²) in [5.74, 6) is 0.677. The van der Waals surface area contributed by atoms with Gasteiger partial charge in [-0.1, -0.05) is 11.6 Å². The Morgan fingerprint density at radius 1 is 1.43 bits per heavy atom. The molecule has 0 aliphatic rings. The molecular formula is C8H6ClN3S2. The summed E-state index contributed by atoms with van der Waals surface area (Å²) in [4.78, 5) is 12.4. The molecule has 72 valence electrons. The second kappa shape index (κ2) is 4.25. The van der Waals surface area contributed by atoms with Crippen LogP contribution in [0, 0.1) is 6.92 Å². The van der Waals surface area contributed by atoms with E-state index in [0.29, 0.717) is 11.0 Å². The lowest BCUT2D eigenvalue weighted by atomic mass is 10.6. The Morgan fingerprint density at radius 3 is 2.93 bits per heavy atom. The first-order valence-electron chi connectivity index (χ1n) is 3.82. The minimum Gasteiger partial charge on any atom is -0.238 e. The molecule has 14 heavy (non-hydrogen) atoms. The van der Waals surface area contributed by atoms with Crippen molar-refractivity contribution in [1.82, 2.24) is 15.0 Å². The number of hydrogen-bond donors (Lipinski definition) is 0. The fraction of sp³-hybridized carbons (Fsp3) is 0.125. The third-order valence-corrected chi connectivity index (χ3v) is 3.38. The van der Waals surface area contributed by atoms with Gasteiger partial charge < -0.3 is 0 Å². The third-order valence-electron chi connectivity index (χ3n) is 1.38. The van der Waals surface area contributed by atoms with Gasteiger partial charge in [0.05, 0.1) is 0 Å². The zero-order valence-corrected chi connectivity index (χ0v) is 9.66. The molecule has 0 aromatic carbocycles.